The van der Waals surface area contributed by atoms with E-state index < -0.39 is 0 Å². The van der Waals surface area contributed by atoms with Crippen molar-refractivity contribution in [1.82, 2.24) is 0 Å². The highest BCUT2D eigenvalue weighted by Crippen LogP contribution is 2.22. The summed E-state index contributed by atoms with van der Waals surface area (Å²) in [4.78, 5) is 1.23. The van der Waals surface area contributed by atoms with Crippen molar-refractivity contribution in [2.24, 2.45) is 0 Å². The Morgan fingerprint density at radius 1 is 1.15 bits per heavy atom. The maximum Gasteiger partial charge on any atom is 0.119 e. The molecule has 20 heavy (non-hydrogen) atoms. The predicted molar refractivity (Wildman–Crippen MR) is 86.1 cm³/mol. The SMILES string of the molecule is N#CCc1ccc(OCCSc2cccc(Br)c2)cc1. The highest BCUT2D eigenvalue weighted by Gasteiger charge is 1.98. The Morgan fingerprint density at radius 2 is 1.95 bits per heavy atom. The number of hydrogen-bond donors (Lipinski definition) is 0. The van der Waals surface area contributed by atoms with Crippen LogP contribution in [0.1, 0.15) is 5.56 Å². The number of halogens is 1. The molecule has 0 aliphatic heterocycles. The standard InChI is InChI=1S/C16H14BrNOS/c17-14-2-1-3-16(12-14)20-11-10-19-15-6-4-13(5-7-15)8-9-18/h1-7,12H,8,10-11H2. The van der Waals surface area contributed by atoms with Crippen molar-refractivity contribution in [3.63, 3.8) is 0 Å². The van der Waals surface area contributed by atoms with Crippen LogP contribution in [0, 0.1) is 11.3 Å². The molecule has 0 aromatic heterocycles. The molecule has 2 nitrogen and oxygen atoms in total. The van der Waals surface area contributed by atoms with E-state index >= 15 is 0 Å². The molecule has 2 rings (SSSR count). The largest absolute Gasteiger partial charge is 0.493 e. The van der Waals surface area contributed by atoms with Crippen molar-refractivity contribution in [2.75, 3.05) is 12.4 Å². The van der Waals surface area contributed by atoms with Gasteiger partial charge in [0.2, 0.25) is 0 Å². The third-order valence-electron chi connectivity index (χ3n) is 2.62. The van der Waals surface area contributed by atoms with E-state index in [1.54, 1.807) is 11.8 Å². The molecule has 0 radical (unpaired) electrons. The first-order valence-corrected chi connectivity index (χ1v) is 8.03. The normalized spacial score (nSPS) is 10.0. The Kier molecular flexibility index (Phi) is 5.97. The number of hydrogen-bond acceptors (Lipinski definition) is 3. The van der Waals surface area contributed by atoms with Crippen LogP contribution < -0.4 is 4.74 Å². The zero-order chi connectivity index (χ0) is 14.2. The monoisotopic (exact) mass is 347 g/mol. The number of nitrogens with zero attached hydrogens (tertiary/aromatic N) is 1. The summed E-state index contributed by atoms with van der Waals surface area (Å²) in [5.41, 5.74) is 1.02. The molecule has 0 aliphatic carbocycles. The van der Waals surface area contributed by atoms with Crippen molar-refractivity contribution >= 4 is 27.7 Å². The van der Waals surface area contributed by atoms with Gasteiger partial charge in [0.05, 0.1) is 19.1 Å². The van der Waals surface area contributed by atoms with Gasteiger partial charge in [0, 0.05) is 15.1 Å². The van der Waals surface area contributed by atoms with E-state index in [9.17, 15) is 0 Å². The van der Waals surface area contributed by atoms with E-state index in [1.807, 2.05) is 36.4 Å². The lowest BCUT2D eigenvalue weighted by atomic mass is 10.2. The molecule has 4 heteroatoms. The first kappa shape index (κ1) is 15.0. The molecule has 102 valence electrons. The Bertz CT molecular complexity index is 592. The summed E-state index contributed by atoms with van der Waals surface area (Å²) in [6.45, 7) is 0.661. The molecular weight excluding hydrogens is 334 g/mol. The van der Waals surface area contributed by atoms with Crippen LogP contribution in [0.4, 0.5) is 0 Å². The van der Waals surface area contributed by atoms with Gasteiger partial charge in [0.25, 0.3) is 0 Å². The summed E-state index contributed by atoms with van der Waals surface area (Å²) < 4.78 is 6.77. The van der Waals surface area contributed by atoms with Crippen LogP contribution in [0.3, 0.4) is 0 Å². The van der Waals surface area contributed by atoms with Crippen molar-refractivity contribution in [2.45, 2.75) is 11.3 Å². The van der Waals surface area contributed by atoms with Gasteiger partial charge in [-0.05, 0) is 35.9 Å². The average molecular weight is 348 g/mol. The molecule has 0 saturated carbocycles. The fourth-order valence-electron chi connectivity index (χ4n) is 1.67. The number of benzene rings is 2. The van der Waals surface area contributed by atoms with Gasteiger partial charge in [-0.1, -0.05) is 34.1 Å². The lowest BCUT2D eigenvalue weighted by Crippen LogP contribution is -2.00. The summed E-state index contributed by atoms with van der Waals surface area (Å²) in [6.07, 6.45) is 0.443. The third-order valence-corrected chi connectivity index (χ3v) is 4.07. The van der Waals surface area contributed by atoms with Crippen molar-refractivity contribution in [3.05, 3.63) is 58.6 Å². The van der Waals surface area contributed by atoms with E-state index in [1.165, 1.54) is 4.90 Å². The molecule has 0 atom stereocenters. The predicted octanol–water partition coefficient (Wildman–Crippen LogP) is 4.69. The fourth-order valence-corrected chi connectivity index (χ4v) is 3.01. The highest BCUT2D eigenvalue weighted by atomic mass is 79.9. The molecule has 0 aliphatic rings. The first-order valence-electron chi connectivity index (χ1n) is 6.25. The van der Waals surface area contributed by atoms with Gasteiger partial charge >= 0.3 is 0 Å². The van der Waals surface area contributed by atoms with E-state index in [0.29, 0.717) is 13.0 Å². The molecule has 0 unspecified atom stereocenters. The van der Waals surface area contributed by atoms with E-state index in [-0.39, 0.29) is 0 Å². The third kappa shape index (κ3) is 4.92. The van der Waals surface area contributed by atoms with E-state index in [2.05, 4.69) is 34.1 Å². The van der Waals surface area contributed by atoms with Crippen LogP contribution in [0.25, 0.3) is 0 Å². The quantitative estimate of drug-likeness (QED) is 0.561. The van der Waals surface area contributed by atoms with Gasteiger partial charge in [-0.2, -0.15) is 5.26 Å². The number of thioether (sulfide) groups is 1. The van der Waals surface area contributed by atoms with Crippen LogP contribution in [-0.2, 0) is 6.42 Å². The van der Waals surface area contributed by atoms with Crippen LogP contribution in [0.5, 0.6) is 5.75 Å². The Morgan fingerprint density at radius 3 is 2.65 bits per heavy atom. The minimum absolute atomic E-state index is 0.443. The van der Waals surface area contributed by atoms with Gasteiger partial charge in [0.15, 0.2) is 0 Å². The smallest absolute Gasteiger partial charge is 0.119 e. The number of rotatable bonds is 6. The number of ether oxygens (including phenoxy) is 1. The van der Waals surface area contributed by atoms with Crippen LogP contribution in [0.2, 0.25) is 0 Å². The molecule has 0 saturated heterocycles. The van der Waals surface area contributed by atoms with E-state index in [0.717, 1.165) is 21.5 Å². The molecule has 2 aromatic rings. The Hall–Kier alpha value is -1.44. The molecule has 0 heterocycles. The summed E-state index contributed by atoms with van der Waals surface area (Å²) in [6, 6.07) is 18.1. The van der Waals surface area contributed by atoms with Crippen LogP contribution >= 0.6 is 27.7 Å². The Labute approximate surface area is 131 Å². The Balaban J connectivity index is 1.74. The van der Waals surface area contributed by atoms with Gasteiger partial charge in [-0.25, -0.2) is 0 Å². The van der Waals surface area contributed by atoms with Gasteiger partial charge in [-0.15, -0.1) is 11.8 Å². The molecule has 0 fully saturated rings. The topological polar surface area (TPSA) is 33.0 Å². The first-order chi connectivity index (χ1) is 9.78. The maximum absolute atomic E-state index is 8.60. The van der Waals surface area contributed by atoms with Crippen molar-refractivity contribution in [1.29, 1.82) is 5.26 Å². The second-order valence-electron chi connectivity index (χ2n) is 4.13. The molecule has 2 aromatic carbocycles. The average Bonchev–Trinajstić information content (AvgIpc) is 2.46. The minimum Gasteiger partial charge on any atom is -0.493 e. The van der Waals surface area contributed by atoms with Gasteiger partial charge < -0.3 is 4.74 Å². The minimum atomic E-state index is 0.443. The zero-order valence-electron chi connectivity index (χ0n) is 10.9. The molecular formula is C16H14BrNOS. The lowest BCUT2D eigenvalue weighted by molar-refractivity contribution is 0.344. The second kappa shape index (κ2) is 7.98. The van der Waals surface area contributed by atoms with Crippen molar-refractivity contribution in [3.8, 4) is 11.8 Å². The molecule has 0 amide bonds. The van der Waals surface area contributed by atoms with Crippen LogP contribution in [-0.4, -0.2) is 12.4 Å². The number of nitriles is 1. The summed E-state index contributed by atoms with van der Waals surface area (Å²) >= 11 is 5.23. The zero-order valence-corrected chi connectivity index (χ0v) is 13.3. The fraction of sp³-hybridized carbons (Fsp3) is 0.188. The lowest BCUT2D eigenvalue weighted by Gasteiger charge is -2.06. The summed E-state index contributed by atoms with van der Waals surface area (Å²) in [5.74, 6) is 1.75. The summed E-state index contributed by atoms with van der Waals surface area (Å²) in [5, 5.41) is 8.60. The molecule has 0 bridgehead atoms. The van der Waals surface area contributed by atoms with Crippen LogP contribution in [0.15, 0.2) is 57.9 Å². The summed E-state index contributed by atoms with van der Waals surface area (Å²) in [7, 11) is 0. The van der Waals surface area contributed by atoms with Gasteiger partial charge in [0.1, 0.15) is 5.75 Å². The second-order valence-corrected chi connectivity index (χ2v) is 6.22. The maximum atomic E-state index is 8.60. The van der Waals surface area contributed by atoms with Crippen molar-refractivity contribution < 1.29 is 4.74 Å². The molecule has 0 spiro atoms. The highest BCUT2D eigenvalue weighted by molar-refractivity contribution is 9.10. The van der Waals surface area contributed by atoms with E-state index in [4.69, 9.17) is 10.00 Å². The van der Waals surface area contributed by atoms with Gasteiger partial charge in [-0.3, -0.25) is 0 Å². The molecule has 0 N–H and O–H groups in total.